The summed E-state index contributed by atoms with van der Waals surface area (Å²) in [5.74, 6) is 1.01. The van der Waals surface area contributed by atoms with Gasteiger partial charge in [-0.15, -0.1) is 23.2 Å². The van der Waals surface area contributed by atoms with E-state index in [0.29, 0.717) is 24.0 Å². The molecule has 4 bridgehead atoms. The summed E-state index contributed by atoms with van der Waals surface area (Å²) in [6.45, 7) is 0. The van der Waals surface area contributed by atoms with E-state index < -0.39 is 19.1 Å². The Bertz CT molecular complexity index is 556. The van der Waals surface area contributed by atoms with Gasteiger partial charge in [-0.2, -0.15) is 0 Å². The van der Waals surface area contributed by atoms with Crippen LogP contribution in [0.3, 0.4) is 0 Å². The van der Waals surface area contributed by atoms with Crippen molar-refractivity contribution >= 4 is 58.0 Å². The summed E-state index contributed by atoms with van der Waals surface area (Å²) in [4.78, 5) is -1.90. The Kier molecular flexibility index (Phi) is 1.68. The molecule has 4 saturated carbocycles. The molecule has 0 radical (unpaired) electrons. The number of hydrogen-bond donors (Lipinski definition) is 0. The Balaban J connectivity index is 1.65. The minimum Gasteiger partial charge on any atom is -0.369 e. The molecule has 10 atom stereocenters. The molecule has 0 aromatic heterocycles. The fraction of sp³-hybridized carbons (Fsp3) is 1.00. The Morgan fingerprint density at radius 3 is 2.21 bits per heavy atom. The lowest BCUT2D eigenvalue weighted by molar-refractivity contribution is 0.187. The van der Waals surface area contributed by atoms with Crippen LogP contribution in [0.15, 0.2) is 0 Å². The molecule has 0 aromatic rings. The third-order valence-electron chi connectivity index (χ3n) is 6.59. The molecule has 0 aromatic carbocycles. The third-order valence-corrected chi connectivity index (χ3v) is 10.4. The largest absolute Gasteiger partial charge is 0.369 e. The molecule has 0 spiro atoms. The highest BCUT2D eigenvalue weighted by molar-refractivity contribution is 6.62. The van der Waals surface area contributed by atoms with Crippen LogP contribution in [0.1, 0.15) is 6.42 Å². The van der Waals surface area contributed by atoms with Gasteiger partial charge in [-0.1, -0.05) is 34.8 Å². The van der Waals surface area contributed by atoms with Crippen molar-refractivity contribution in [2.75, 3.05) is 0 Å². The van der Waals surface area contributed by atoms with E-state index in [9.17, 15) is 0 Å². The lowest BCUT2D eigenvalue weighted by Crippen LogP contribution is -2.52. The first-order valence-electron chi connectivity index (χ1n) is 6.58. The van der Waals surface area contributed by atoms with Crippen LogP contribution >= 0.6 is 58.0 Å². The maximum Gasteiger partial charge on any atom is 0.192 e. The van der Waals surface area contributed by atoms with E-state index in [1.807, 2.05) is 0 Å². The summed E-state index contributed by atoms with van der Waals surface area (Å²) in [6, 6.07) is 0. The second-order valence-corrected chi connectivity index (χ2v) is 9.99. The number of halogens is 5. The standard InChI is InChI=1S/C12H9Cl5O2/c13-9-4-2-1-3(7-6(2)18-7)5(4)10(14,12(9,16)17)11(15)8(9)19-11/h2-8H,1H2/t2-,3+,4+,5-,6-,7+,8-,9+,10-,11-/m0/s1. The maximum absolute atomic E-state index is 6.93. The van der Waals surface area contributed by atoms with Crippen molar-refractivity contribution in [3.8, 4) is 0 Å². The van der Waals surface area contributed by atoms with Gasteiger partial charge in [0.15, 0.2) is 9.39 Å². The second-order valence-electron chi connectivity index (χ2n) is 6.88. The average Bonchev–Trinajstić information content (AvgIpc) is 3.19. The molecule has 4 aliphatic carbocycles. The van der Waals surface area contributed by atoms with Gasteiger partial charge in [0.2, 0.25) is 0 Å². The number of epoxide rings is 2. The highest BCUT2D eigenvalue weighted by Crippen LogP contribution is 2.89. The van der Waals surface area contributed by atoms with Crippen LogP contribution in [0.25, 0.3) is 0 Å². The van der Waals surface area contributed by atoms with Gasteiger partial charge >= 0.3 is 0 Å². The van der Waals surface area contributed by atoms with Gasteiger partial charge in [0.25, 0.3) is 0 Å². The van der Waals surface area contributed by atoms with Crippen LogP contribution in [-0.4, -0.2) is 37.5 Å². The summed E-state index contributed by atoms with van der Waals surface area (Å²) in [7, 11) is 0. The zero-order valence-electron chi connectivity index (χ0n) is 9.45. The van der Waals surface area contributed by atoms with Crippen molar-refractivity contribution in [1.82, 2.24) is 0 Å². The Hall–Kier alpha value is 1.37. The molecule has 6 fully saturated rings. The van der Waals surface area contributed by atoms with E-state index in [4.69, 9.17) is 67.5 Å². The van der Waals surface area contributed by atoms with E-state index in [0.717, 1.165) is 6.42 Å². The summed E-state index contributed by atoms with van der Waals surface area (Å²) in [5, 5.41) is -1.00. The average molecular weight is 362 g/mol. The number of alkyl halides is 5. The predicted octanol–water partition coefficient (Wildman–Crippen LogP) is 3.13. The van der Waals surface area contributed by atoms with Gasteiger partial charge in [0.1, 0.15) is 15.9 Å². The monoisotopic (exact) mass is 360 g/mol. The number of ether oxygens (including phenoxy) is 2. The molecule has 0 unspecified atom stereocenters. The molecule has 0 N–H and O–H groups in total. The van der Waals surface area contributed by atoms with E-state index >= 15 is 0 Å². The van der Waals surface area contributed by atoms with Crippen LogP contribution in [0.5, 0.6) is 0 Å². The van der Waals surface area contributed by atoms with Crippen molar-refractivity contribution in [1.29, 1.82) is 0 Å². The van der Waals surface area contributed by atoms with Crippen LogP contribution in [0.2, 0.25) is 0 Å². The number of hydrogen-bond acceptors (Lipinski definition) is 2. The van der Waals surface area contributed by atoms with Gasteiger partial charge in [0.05, 0.1) is 12.2 Å². The number of rotatable bonds is 0. The Morgan fingerprint density at radius 2 is 1.53 bits per heavy atom. The van der Waals surface area contributed by atoms with E-state index in [2.05, 4.69) is 0 Å². The lowest BCUT2D eigenvalue weighted by atomic mass is 9.70. The minimum atomic E-state index is -1.25. The minimum absolute atomic E-state index is 0.0895. The summed E-state index contributed by atoms with van der Waals surface area (Å²) in [6.07, 6.45) is 1.39. The van der Waals surface area contributed by atoms with Crippen LogP contribution in [0, 0.1) is 23.7 Å². The van der Waals surface area contributed by atoms with Crippen LogP contribution in [-0.2, 0) is 9.47 Å². The zero-order valence-corrected chi connectivity index (χ0v) is 13.2. The zero-order chi connectivity index (χ0) is 13.2. The Labute approximate surface area is 134 Å². The smallest absolute Gasteiger partial charge is 0.192 e. The van der Waals surface area contributed by atoms with Crippen molar-refractivity contribution in [3.05, 3.63) is 0 Å². The maximum atomic E-state index is 6.93. The fourth-order valence-electron chi connectivity index (χ4n) is 6.01. The molecular formula is C12H9Cl5O2. The fourth-order valence-corrected chi connectivity index (χ4v) is 8.96. The molecule has 6 aliphatic rings. The van der Waals surface area contributed by atoms with E-state index in [1.54, 1.807) is 0 Å². The molecule has 2 aliphatic heterocycles. The molecule has 2 heterocycles. The van der Waals surface area contributed by atoms with Gasteiger partial charge in [-0.05, 0) is 30.1 Å². The first-order valence-corrected chi connectivity index (χ1v) is 8.47. The third kappa shape index (κ3) is 0.802. The summed E-state index contributed by atoms with van der Waals surface area (Å²) in [5.41, 5.74) is 0. The van der Waals surface area contributed by atoms with E-state index in [1.165, 1.54) is 0 Å². The second kappa shape index (κ2) is 2.68. The van der Waals surface area contributed by atoms with Crippen molar-refractivity contribution in [2.24, 2.45) is 23.7 Å². The molecule has 6 rings (SSSR count). The molecule has 104 valence electrons. The van der Waals surface area contributed by atoms with Gasteiger partial charge in [-0.3, -0.25) is 0 Å². The van der Waals surface area contributed by atoms with Gasteiger partial charge in [0, 0.05) is 0 Å². The normalized spacial score (nSPS) is 79.7. The van der Waals surface area contributed by atoms with Gasteiger partial charge in [-0.25, -0.2) is 0 Å². The van der Waals surface area contributed by atoms with Crippen molar-refractivity contribution in [2.45, 2.75) is 43.9 Å². The summed E-state index contributed by atoms with van der Waals surface area (Å²) < 4.78 is 10.2. The Morgan fingerprint density at radius 1 is 0.895 bits per heavy atom. The molecule has 0 amide bonds. The van der Waals surface area contributed by atoms with Gasteiger partial charge < -0.3 is 9.47 Å². The van der Waals surface area contributed by atoms with Crippen molar-refractivity contribution < 1.29 is 9.47 Å². The van der Waals surface area contributed by atoms with E-state index in [-0.39, 0.29) is 17.9 Å². The first-order chi connectivity index (χ1) is 8.80. The first kappa shape index (κ1) is 11.9. The SMILES string of the molecule is ClC1(Cl)[C@@]2(Cl)[C@@H]3[C@@H]4C[C@@H]([C@H]5O[C@@H]45)[C@@H]3[C@]1(Cl)[C@@]1(Cl)O[C@@H]21. The molecule has 2 nitrogen and oxygen atoms in total. The predicted molar refractivity (Wildman–Crippen MR) is 72.3 cm³/mol. The highest BCUT2D eigenvalue weighted by atomic mass is 35.5. The molecule has 7 heteroatoms. The lowest BCUT2D eigenvalue weighted by Gasteiger charge is -2.39. The summed E-state index contributed by atoms with van der Waals surface area (Å²) >= 11 is 33.7. The molecule has 2 saturated heterocycles. The highest BCUT2D eigenvalue weighted by Gasteiger charge is 3.02. The van der Waals surface area contributed by atoms with Crippen LogP contribution in [0.4, 0.5) is 0 Å². The quantitative estimate of drug-likeness (QED) is 0.376. The van der Waals surface area contributed by atoms with Crippen molar-refractivity contribution in [3.63, 3.8) is 0 Å². The molecule has 19 heavy (non-hydrogen) atoms. The number of fused-ring (bicyclic) bond motifs is 15. The molecular weight excluding hydrogens is 353 g/mol. The topological polar surface area (TPSA) is 25.1 Å². The van der Waals surface area contributed by atoms with Crippen LogP contribution < -0.4 is 0 Å².